The monoisotopic (exact) mass is 657 g/mol. The lowest BCUT2D eigenvalue weighted by atomic mass is 9.95. The van der Waals surface area contributed by atoms with Gasteiger partial charge in [0.1, 0.15) is 24.1 Å². The molecule has 2 N–H and O–H groups in total. The Kier molecular flexibility index (Phi) is 7.40. The van der Waals surface area contributed by atoms with Crippen molar-refractivity contribution in [1.82, 2.24) is 15.1 Å². The third kappa shape index (κ3) is 5.04. The minimum atomic E-state index is -3.63. The summed E-state index contributed by atoms with van der Waals surface area (Å²) in [6.45, 7) is 4.41. The number of carbonyl (C=O) groups excluding carboxylic acids is 4. The number of piperazine rings is 1. The summed E-state index contributed by atoms with van der Waals surface area (Å²) in [5.41, 5.74) is 1.61. The topological polar surface area (TPSA) is 148 Å². The second-order valence-corrected chi connectivity index (χ2v) is 14.8. The molecule has 0 saturated carbocycles. The third-order valence-corrected chi connectivity index (χ3v) is 10.9. The Labute approximate surface area is 263 Å². The first-order valence-electron chi connectivity index (χ1n) is 15.3. The maximum absolute atomic E-state index is 15.3. The van der Waals surface area contributed by atoms with E-state index in [1.807, 2.05) is 4.90 Å². The number of halogens is 2. The van der Waals surface area contributed by atoms with Gasteiger partial charge in [-0.25, -0.2) is 17.2 Å². The highest BCUT2D eigenvalue weighted by Gasteiger charge is 2.46. The van der Waals surface area contributed by atoms with Crippen molar-refractivity contribution in [3.63, 3.8) is 0 Å². The maximum Gasteiger partial charge on any atom is 0.262 e. The summed E-state index contributed by atoms with van der Waals surface area (Å²) in [5.74, 6) is -2.96. The number of benzene rings is 2. The first-order chi connectivity index (χ1) is 21.8. The number of rotatable bonds is 6. The van der Waals surface area contributed by atoms with Crippen molar-refractivity contribution in [2.45, 2.75) is 42.5 Å². The molecule has 3 atom stereocenters. The van der Waals surface area contributed by atoms with E-state index in [2.05, 4.69) is 15.1 Å². The van der Waals surface area contributed by atoms with Gasteiger partial charge in [0.25, 0.3) is 11.8 Å². The van der Waals surface area contributed by atoms with Crippen molar-refractivity contribution in [3.05, 3.63) is 52.3 Å². The van der Waals surface area contributed by atoms with Crippen LogP contribution in [0.3, 0.4) is 0 Å². The molecule has 15 heteroatoms. The Hall–Kier alpha value is -3.95. The summed E-state index contributed by atoms with van der Waals surface area (Å²) in [4.78, 5) is 57.0. The minimum absolute atomic E-state index is 0.00324. The molecule has 0 spiro atoms. The van der Waals surface area contributed by atoms with Crippen molar-refractivity contribution in [2.75, 3.05) is 61.9 Å². The van der Waals surface area contributed by atoms with Crippen LogP contribution < -0.4 is 15.1 Å². The van der Waals surface area contributed by atoms with E-state index in [-0.39, 0.29) is 46.5 Å². The smallest absolute Gasteiger partial charge is 0.262 e. The zero-order valence-corrected chi connectivity index (χ0v) is 25.9. The van der Waals surface area contributed by atoms with E-state index in [4.69, 9.17) is 0 Å². The fourth-order valence-electron chi connectivity index (χ4n) is 7.42. The molecule has 4 amide bonds. The molecule has 7 rings (SSSR count). The molecule has 3 fully saturated rings. The number of fused-ring (bicyclic) bond motifs is 2. The van der Waals surface area contributed by atoms with E-state index < -0.39 is 57.6 Å². The predicted octanol–water partition coefficient (Wildman–Crippen LogP) is 0.816. The molecular formula is C31H33F2N5O7S. The molecule has 0 bridgehead atoms. The maximum atomic E-state index is 15.3. The molecule has 3 saturated heterocycles. The lowest BCUT2D eigenvalue weighted by Gasteiger charge is -2.45. The highest BCUT2D eigenvalue weighted by molar-refractivity contribution is 7.90. The van der Waals surface area contributed by atoms with Crippen molar-refractivity contribution in [2.24, 2.45) is 5.92 Å². The number of hydrogen-bond acceptors (Lipinski definition) is 10. The SMILES string of the molecule is CS(=O)(=O)c1ccc(N2CC(CN3CCN(c4cc5c(cc4F)C(=O)N(C4CCC(=O)NC4=O)C5=O)CC3)C2)c2c1[C@H](O)C(F)C2. The number of carbonyl (C=O) groups is 4. The number of piperidine rings is 1. The van der Waals surface area contributed by atoms with Gasteiger partial charge in [0, 0.05) is 82.1 Å². The molecule has 0 radical (unpaired) electrons. The quantitative estimate of drug-likeness (QED) is 0.428. The van der Waals surface area contributed by atoms with E-state index in [1.54, 1.807) is 6.07 Å². The summed E-state index contributed by atoms with van der Waals surface area (Å²) in [5, 5.41) is 12.5. The summed E-state index contributed by atoms with van der Waals surface area (Å²) in [7, 11) is -3.63. The number of nitrogens with zero attached hydrogens (tertiary/aromatic N) is 4. The number of anilines is 2. The average Bonchev–Trinajstić information content (AvgIpc) is 3.41. The minimum Gasteiger partial charge on any atom is -0.385 e. The fourth-order valence-corrected chi connectivity index (χ4v) is 8.38. The molecule has 0 aromatic heterocycles. The molecule has 46 heavy (non-hydrogen) atoms. The first kappa shape index (κ1) is 30.7. The molecule has 1 aliphatic carbocycles. The highest BCUT2D eigenvalue weighted by Crippen LogP contribution is 2.44. The lowest BCUT2D eigenvalue weighted by molar-refractivity contribution is -0.136. The van der Waals surface area contributed by atoms with Crippen molar-refractivity contribution in [3.8, 4) is 0 Å². The third-order valence-electron chi connectivity index (χ3n) is 9.76. The molecule has 244 valence electrons. The average molecular weight is 658 g/mol. The van der Waals surface area contributed by atoms with Crippen LogP contribution >= 0.6 is 0 Å². The number of alkyl halides is 1. The number of hydrogen-bond donors (Lipinski definition) is 2. The van der Waals surface area contributed by atoms with E-state index >= 15 is 4.39 Å². The van der Waals surface area contributed by atoms with Gasteiger partial charge >= 0.3 is 0 Å². The lowest BCUT2D eigenvalue weighted by Crippen LogP contribution is -2.55. The number of nitrogens with one attached hydrogen (secondary N) is 1. The van der Waals surface area contributed by atoms with Gasteiger partial charge < -0.3 is 14.9 Å². The molecule has 2 aromatic rings. The van der Waals surface area contributed by atoms with Crippen LogP contribution in [0.1, 0.15) is 50.8 Å². The van der Waals surface area contributed by atoms with Crippen molar-refractivity contribution in [1.29, 1.82) is 0 Å². The number of sulfone groups is 1. The second-order valence-electron chi connectivity index (χ2n) is 12.8. The molecular weight excluding hydrogens is 624 g/mol. The Balaban J connectivity index is 0.973. The van der Waals surface area contributed by atoms with Gasteiger partial charge in [-0.05, 0) is 36.2 Å². The van der Waals surface area contributed by atoms with Crippen molar-refractivity contribution < 1.29 is 41.5 Å². The fraction of sp³-hybridized carbons (Fsp3) is 0.484. The van der Waals surface area contributed by atoms with Crippen LogP contribution in [0.4, 0.5) is 20.2 Å². The molecule has 4 heterocycles. The standard InChI is InChI=1S/C31H33F2N5O7S/c1-46(44,45)25-4-2-22(19-11-21(33)28(40)27(19)25)37-14-16(15-37)13-35-6-8-36(9-7-35)24-12-18-17(10-20(24)32)30(42)38(31(18)43)23-3-5-26(39)34-29(23)41/h2,4,10,12,16,21,23,28,40H,3,5-9,11,13-15H2,1H3,(H,34,39,41)/t21?,23?,28-/m1/s1. The van der Waals surface area contributed by atoms with Gasteiger partial charge in [-0.2, -0.15) is 0 Å². The van der Waals surface area contributed by atoms with E-state index in [0.717, 1.165) is 29.5 Å². The zero-order chi connectivity index (χ0) is 32.7. The van der Waals surface area contributed by atoms with Gasteiger partial charge in [0.2, 0.25) is 11.8 Å². The number of aliphatic hydroxyl groups excluding tert-OH is 1. The summed E-state index contributed by atoms with van der Waals surface area (Å²) in [6.07, 6.45) is -1.99. The zero-order valence-electron chi connectivity index (χ0n) is 25.0. The Morgan fingerprint density at radius 3 is 2.28 bits per heavy atom. The van der Waals surface area contributed by atoms with Crippen LogP contribution in [0.5, 0.6) is 0 Å². The van der Waals surface area contributed by atoms with Gasteiger partial charge in [0.15, 0.2) is 9.84 Å². The largest absolute Gasteiger partial charge is 0.385 e. The van der Waals surface area contributed by atoms with Crippen LogP contribution in [0, 0.1) is 11.7 Å². The molecule has 2 unspecified atom stereocenters. The molecule has 4 aliphatic heterocycles. The second kappa shape index (κ2) is 11.1. The summed E-state index contributed by atoms with van der Waals surface area (Å²) < 4.78 is 54.3. The number of amides is 4. The first-order valence-corrected chi connectivity index (χ1v) is 17.2. The van der Waals surface area contributed by atoms with Crippen LogP contribution in [0.25, 0.3) is 0 Å². The Morgan fingerprint density at radius 1 is 0.957 bits per heavy atom. The molecule has 5 aliphatic rings. The van der Waals surface area contributed by atoms with Crippen LogP contribution in [-0.4, -0.2) is 111 Å². The normalized spacial score (nSPS) is 25.6. The van der Waals surface area contributed by atoms with Crippen LogP contribution in [-0.2, 0) is 25.8 Å². The van der Waals surface area contributed by atoms with Gasteiger partial charge in [-0.1, -0.05) is 0 Å². The van der Waals surface area contributed by atoms with E-state index in [9.17, 15) is 37.1 Å². The van der Waals surface area contributed by atoms with Gasteiger partial charge in [-0.15, -0.1) is 0 Å². The van der Waals surface area contributed by atoms with E-state index in [1.165, 1.54) is 12.1 Å². The van der Waals surface area contributed by atoms with Gasteiger partial charge in [-0.3, -0.25) is 34.3 Å². The molecule has 12 nitrogen and oxygen atoms in total. The van der Waals surface area contributed by atoms with Crippen molar-refractivity contribution >= 4 is 44.8 Å². The summed E-state index contributed by atoms with van der Waals surface area (Å²) in [6, 6.07) is 4.45. The predicted molar refractivity (Wildman–Crippen MR) is 161 cm³/mol. The highest BCUT2D eigenvalue weighted by atomic mass is 32.2. The summed E-state index contributed by atoms with van der Waals surface area (Å²) >= 11 is 0. The van der Waals surface area contributed by atoms with Crippen LogP contribution in [0.2, 0.25) is 0 Å². The van der Waals surface area contributed by atoms with Crippen LogP contribution in [0.15, 0.2) is 29.2 Å². The van der Waals surface area contributed by atoms with Gasteiger partial charge in [0.05, 0.1) is 21.7 Å². The van der Waals surface area contributed by atoms with E-state index in [0.29, 0.717) is 50.7 Å². The Bertz CT molecular complexity index is 1790. The Morgan fingerprint density at radius 2 is 1.63 bits per heavy atom. The molecule has 2 aromatic carbocycles. The number of imide groups is 2. The number of aliphatic hydroxyl groups is 1.